The second-order valence-corrected chi connectivity index (χ2v) is 8.25. The second kappa shape index (κ2) is 4.46. The normalized spacial score (nSPS) is 53.7. The molecule has 2 nitrogen and oxygen atoms in total. The summed E-state index contributed by atoms with van der Waals surface area (Å²) >= 11 is 0. The molecule has 19 heavy (non-hydrogen) atoms. The number of hydrogen-bond donors (Lipinski definition) is 0. The van der Waals surface area contributed by atoms with Gasteiger partial charge in [-0.1, -0.05) is 0 Å². The minimum absolute atomic E-state index is 0.495. The summed E-state index contributed by atoms with van der Waals surface area (Å²) in [5.41, 5.74) is 0.672. The van der Waals surface area contributed by atoms with E-state index in [1.54, 1.807) is 19.3 Å². The van der Waals surface area contributed by atoms with Gasteiger partial charge in [0.05, 0.1) is 12.7 Å². The summed E-state index contributed by atoms with van der Waals surface area (Å²) in [6.07, 6.45) is 11.1. The Balaban J connectivity index is 1.50. The molecule has 5 fully saturated rings. The van der Waals surface area contributed by atoms with Crippen molar-refractivity contribution in [1.29, 1.82) is 0 Å². The number of nitrogens with zero attached hydrogens (tertiary/aromatic N) is 1. The molecule has 2 heteroatoms. The fourth-order valence-corrected chi connectivity index (χ4v) is 6.17. The van der Waals surface area contributed by atoms with E-state index < -0.39 is 0 Å². The predicted molar refractivity (Wildman–Crippen MR) is 77.1 cm³/mol. The van der Waals surface area contributed by atoms with Gasteiger partial charge < -0.3 is 4.74 Å². The molecule has 2 atom stereocenters. The van der Waals surface area contributed by atoms with Crippen LogP contribution in [0.25, 0.3) is 0 Å². The highest BCUT2D eigenvalue weighted by atomic mass is 16.5. The smallest absolute Gasteiger partial charge is 0.0733 e. The lowest BCUT2D eigenvalue weighted by Crippen LogP contribution is -2.53. The molecule has 0 aromatic heterocycles. The van der Waals surface area contributed by atoms with Crippen LogP contribution >= 0.6 is 0 Å². The van der Waals surface area contributed by atoms with Crippen LogP contribution in [0.5, 0.6) is 0 Å². The van der Waals surface area contributed by atoms with Gasteiger partial charge in [0.1, 0.15) is 0 Å². The van der Waals surface area contributed by atoms with Crippen molar-refractivity contribution in [1.82, 2.24) is 4.90 Å². The Labute approximate surface area is 117 Å². The number of ether oxygens (including phenoxy) is 1. The standard InChI is InChI=1S/C17H29NO/c1-12-16(19-4-3-18(12)2)11-17-8-13-5-14(9-17)7-15(6-13)10-17/h12-16H,3-11H2,1-2H3. The van der Waals surface area contributed by atoms with E-state index in [-0.39, 0.29) is 0 Å². The third kappa shape index (κ3) is 2.15. The maximum atomic E-state index is 6.16. The Morgan fingerprint density at radius 2 is 1.63 bits per heavy atom. The fraction of sp³-hybridized carbons (Fsp3) is 1.00. The first-order chi connectivity index (χ1) is 9.13. The monoisotopic (exact) mass is 263 g/mol. The quantitative estimate of drug-likeness (QED) is 0.758. The highest BCUT2D eigenvalue weighted by Gasteiger charge is 2.52. The van der Waals surface area contributed by atoms with Crippen molar-refractivity contribution in [3.05, 3.63) is 0 Å². The number of morpholine rings is 1. The molecule has 1 aliphatic heterocycles. The van der Waals surface area contributed by atoms with Gasteiger partial charge in [0.2, 0.25) is 0 Å². The van der Waals surface area contributed by atoms with Crippen molar-refractivity contribution in [2.24, 2.45) is 23.2 Å². The minimum atomic E-state index is 0.495. The van der Waals surface area contributed by atoms with Crippen LogP contribution in [0, 0.1) is 23.2 Å². The van der Waals surface area contributed by atoms with Crippen molar-refractivity contribution in [2.45, 2.75) is 64.0 Å². The molecular formula is C17H29NO. The summed E-state index contributed by atoms with van der Waals surface area (Å²) in [5, 5.41) is 0. The Kier molecular flexibility index (Phi) is 2.97. The fourth-order valence-electron chi connectivity index (χ4n) is 6.17. The first kappa shape index (κ1) is 12.6. The van der Waals surface area contributed by atoms with Gasteiger partial charge >= 0.3 is 0 Å². The largest absolute Gasteiger partial charge is 0.375 e. The van der Waals surface area contributed by atoms with Crippen LogP contribution in [0.15, 0.2) is 0 Å². The SMILES string of the molecule is CC1C(CC23CC4CC(CC(C4)C2)C3)OCCN1C. The van der Waals surface area contributed by atoms with Gasteiger partial charge in [-0.05, 0) is 82.1 Å². The van der Waals surface area contributed by atoms with Crippen molar-refractivity contribution in [3.63, 3.8) is 0 Å². The second-order valence-electron chi connectivity index (χ2n) is 8.25. The van der Waals surface area contributed by atoms with E-state index in [4.69, 9.17) is 4.74 Å². The molecule has 0 aromatic rings. The Morgan fingerprint density at radius 3 is 2.21 bits per heavy atom. The molecule has 0 amide bonds. The Morgan fingerprint density at radius 1 is 1.05 bits per heavy atom. The summed E-state index contributed by atoms with van der Waals surface area (Å²) in [4.78, 5) is 2.49. The van der Waals surface area contributed by atoms with Crippen LogP contribution in [0.3, 0.4) is 0 Å². The van der Waals surface area contributed by atoms with Crippen LogP contribution in [-0.2, 0) is 4.74 Å². The van der Waals surface area contributed by atoms with Gasteiger partial charge in [-0.2, -0.15) is 0 Å². The lowest BCUT2D eigenvalue weighted by molar-refractivity contribution is -0.119. The van der Waals surface area contributed by atoms with Crippen molar-refractivity contribution < 1.29 is 4.74 Å². The molecule has 0 radical (unpaired) electrons. The minimum Gasteiger partial charge on any atom is -0.375 e. The lowest BCUT2D eigenvalue weighted by Gasteiger charge is -2.58. The van der Waals surface area contributed by atoms with Crippen LogP contribution in [0.2, 0.25) is 0 Å². The first-order valence-electron chi connectivity index (χ1n) is 8.45. The molecule has 5 rings (SSSR count). The lowest BCUT2D eigenvalue weighted by atomic mass is 9.48. The molecule has 2 unspecified atom stereocenters. The zero-order chi connectivity index (χ0) is 13.0. The van der Waals surface area contributed by atoms with Crippen LogP contribution in [0.1, 0.15) is 51.9 Å². The Bertz CT molecular complexity index is 318. The van der Waals surface area contributed by atoms with Crippen LogP contribution in [-0.4, -0.2) is 37.2 Å². The summed E-state index contributed by atoms with van der Waals surface area (Å²) in [6.45, 7) is 4.42. The first-order valence-corrected chi connectivity index (χ1v) is 8.45. The van der Waals surface area contributed by atoms with Gasteiger partial charge in [0.15, 0.2) is 0 Å². The van der Waals surface area contributed by atoms with E-state index in [0.717, 1.165) is 30.9 Å². The van der Waals surface area contributed by atoms with Crippen molar-refractivity contribution in [2.75, 3.05) is 20.2 Å². The summed E-state index contributed by atoms with van der Waals surface area (Å²) in [5.74, 6) is 3.22. The predicted octanol–water partition coefficient (Wildman–Crippen LogP) is 3.31. The van der Waals surface area contributed by atoms with E-state index in [9.17, 15) is 0 Å². The molecule has 4 saturated carbocycles. The molecular weight excluding hydrogens is 234 g/mol. The topological polar surface area (TPSA) is 12.5 Å². The van der Waals surface area contributed by atoms with Crippen molar-refractivity contribution >= 4 is 0 Å². The molecule has 0 N–H and O–H groups in total. The highest BCUT2D eigenvalue weighted by Crippen LogP contribution is 2.61. The number of likely N-dealkylation sites (N-methyl/N-ethyl adjacent to an activating group) is 1. The average Bonchev–Trinajstić information content (AvgIpc) is 2.33. The molecule has 108 valence electrons. The maximum Gasteiger partial charge on any atom is 0.0733 e. The average molecular weight is 263 g/mol. The van der Waals surface area contributed by atoms with Gasteiger partial charge in [0, 0.05) is 12.6 Å². The molecule has 1 heterocycles. The third-order valence-corrected chi connectivity index (χ3v) is 6.81. The molecule has 5 aliphatic rings. The summed E-state index contributed by atoms with van der Waals surface area (Å²) < 4.78 is 6.16. The van der Waals surface area contributed by atoms with E-state index in [1.807, 2.05) is 0 Å². The van der Waals surface area contributed by atoms with Gasteiger partial charge in [-0.25, -0.2) is 0 Å². The van der Waals surface area contributed by atoms with Gasteiger partial charge in [0.25, 0.3) is 0 Å². The summed E-state index contributed by atoms with van der Waals surface area (Å²) in [7, 11) is 2.26. The van der Waals surface area contributed by atoms with E-state index >= 15 is 0 Å². The maximum absolute atomic E-state index is 6.16. The molecule has 4 bridgehead atoms. The van der Waals surface area contributed by atoms with Gasteiger partial charge in [-0.3, -0.25) is 4.90 Å². The molecule has 0 aromatic carbocycles. The van der Waals surface area contributed by atoms with E-state index in [1.165, 1.54) is 25.7 Å². The number of rotatable bonds is 2. The van der Waals surface area contributed by atoms with Crippen LogP contribution in [0.4, 0.5) is 0 Å². The van der Waals surface area contributed by atoms with E-state index in [2.05, 4.69) is 18.9 Å². The zero-order valence-electron chi connectivity index (χ0n) is 12.6. The highest BCUT2D eigenvalue weighted by molar-refractivity contribution is 5.03. The summed E-state index contributed by atoms with van der Waals surface area (Å²) in [6, 6.07) is 0.613. The van der Waals surface area contributed by atoms with E-state index in [0.29, 0.717) is 17.6 Å². The zero-order valence-corrected chi connectivity index (χ0v) is 12.6. The molecule has 4 aliphatic carbocycles. The molecule has 0 spiro atoms. The van der Waals surface area contributed by atoms with Crippen LogP contribution < -0.4 is 0 Å². The van der Waals surface area contributed by atoms with Crippen molar-refractivity contribution in [3.8, 4) is 0 Å². The van der Waals surface area contributed by atoms with Gasteiger partial charge in [-0.15, -0.1) is 0 Å². The number of hydrogen-bond acceptors (Lipinski definition) is 2. The molecule has 1 saturated heterocycles. The Hall–Kier alpha value is -0.0800. The third-order valence-electron chi connectivity index (χ3n) is 6.81.